The zero-order valence-electron chi connectivity index (χ0n) is 12.0. The average molecular weight is 272 g/mol. The number of aryl methyl sites for hydroxylation is 2. The van der Waals surface area contributed by atoms with Crippen LogP contribution in [0, 0.1) is 13.8 Å². The molecule has 20 heavy (non-hydrogen) atoms. The van der Waals surface area contributed by atoms with Gasteiger partial charge in [0.05, 0.1) is 5.69 Å². The van der Waals surface area contributed by atoms with Crippen LogP contribution in [0.4, 0.5) is 5.95 Å². The van der Waals surface area contributed by atoms with Crippen LogP contribution in [0.15, 0.2) is 22.7 Å². The lowest BCUT2D eigenvalue weighted by Gasteiger charge is -2.19. The summed E-state index contributed by atoms with van der Waals surface area (Å²) in [5, 5.41) is 3.39. The molecule has 0 aliphatic carbocycles. The van der Waals surface area contributed by atoms with Gasteiger partial charge in [0.2, 0.25) is 5.95 Å². The van der Waals surface area contributed by atoms with Gasteiger partial charge in [0, 0.05) is 31.4 Å². The maximum absolute atomic E-state index is 5.59. The quantitative estimate of drug-likeness (QED) is 0.908. The van der Waals surface area contributed by atoms with Crippen molar-refractivity contribution in [3.63, 3.8) is 0 Å². The van der Waals surface area contributed by atoms with E-state index in [1.54, 1.807) is 0 Å². The van der Waals surface area contributed by atoms with Crippen molar-refractivity contribution >= 4 is 5.95 Å². The zero-order chi connectivity index (χ0) is 13.9. The van der Waals surface area contributed by atoms with E-state index < -0.39 is 0 Å². The van der Waals surface area contributed by atoms with Crippen molar-refractivity contribution < 1.29 is 4.42 Å². The van der Waals surface area contributed by atoms with Gasteiger partial charge in [-0.1, -0.05) is 0 Å². The molecule has 5 heteroatoms. The van der Waals surface area contributed by atoms with Gasteiger partial charge >= 0.3 is 0 Å². The summed E-state index contributed by atoms with van der Waals surface area (Å²) in [6.45, 7) is 7.93. The number of nitrogens with one attached hydrogen (secondary N) is 1. The van der Waals surface area contributed by atoms with Crippen LogP contribution in [-0.2, 0) is 0 Å². The highest BCUT2D eigenvalue weighted by Crippen LogP contribution is 2.25. The standard InChI is InChI=1S/C15H20N4O/c1-11-10-13(12(2)20-11)14-4-6-17-15(18-14)19-8-3-5-16-7-9-19/h4,6,10,16H,3,5,7-9H2,1-2H3. The highest BCUT2D eigenvalue weighted by molar-refractivity contribution is 5.62. The summed E-state index contributed by atoms with van der Waals surface area (Å²) in [6.07, 6.45) is 2.95. The SMILES string of the molecule is Cc1cc(-c2ccnc(N3CCCNCC3)n2)c(C)o1. The molecule has 3 rings (SSSR count). The van der Waals surface area contributed by atoms with Gasteiger partial charge in [0.25, 0.3) is 0 Å². The van der Waals surface area contributed by atoms with Crippen LogP contribution in [0.25, 0.3) is 11.3 Å². The molecular formula is C15H20N4O. The second kappa shape index (κ2) is 5.63. The fourth-order valence-corrected chi connectivity index (χ4v) is 2.58. The summed E-state index contributed by atoms with van der Waals surface area (Å²) in [5.41, 5.74) is 1.99. The lowest BCUT2D eigenvalue weighted by Crippen LogP contribution is -2.29. The van der Waals surface area contributed by atoms with Crippen molar-refractivity contribution in [2.45, 2.75) is 20.3 Å². The van der Waals surface area contributed by atoms with Crippen molar-refractivity contribution in [3.05, 3.63) is 29.9 Å². The molecule has 2 aromatic heterocycles. The van der Waals surface area contributed by atoms with Crippen LogP contribution >= 0.6 is 0 Å². The molecule has 0 bridgehead atoms. The first kappa shape index (κ1) is 13.1. The molecule has 3 heterocycles. The highest BCUT2D eigenvalue weighted by Gasteiger charge is 2.14. The van der Waals surface area contributed by atoms with E-state index in [0.29, 0.717) is 0 Å². The monoisotopic (exact) mass is 272 g/mol. The van der Waals surface area contributed by atoms with Gasteiger partial charge in [-0.25, -0.2) is 9.97 Å². The van der Waals surface area contributed by atoms with E-state index in [1.807, 2.05) is 32.2 Å². The minimum atomic E-state index is 0.810. The summed E-state index contributed by atoms with van der Waals surface area (Å²) in [6, 6.07) is 3.97. The predicted octanol–water partition coefficient (Wildman–Crippen LogP) is 2.15. The normalized spacial score (nSPS) is 16.2. The van der Waals surface area contributed by atoms with Crippen molar-refractivity contribution in [3.8, 4) is 11.3 Å². The van der Waals surface area contributed by atoms with Crippen LogP contribution in [0.3, 0.4) is 0 Å². The summed E-state index contributed by atoms with van der Waals surface area (Å²) in [4.78, 5) is 11.4. The first-order valence-corrected chi connectivity index (χ1v) is 7.10. The largest absolute Gasteiger partial charge is 0.466 e. The van der Waals surface area contributed by atoms with Crippen molar-refractivity contribution in [2.24, 2.45) is 0 Å². The van der Waals surface area contributed by atoms with E-state index in [0.717, 1.165) is 61.3 Å². The van der Waals surface area contributed by atoms with Crippen LogP contribution in [-0.4, -0.2) is 36.1 Å². The third-order valence-electron chi connectivity index (χ3n) is 3.58. The summed E-state index contributed by atoms with van der Waals surface area (Å²) in [5.74, 6) is 2.63. The van der Waals surface area contributed by atoms with Gasteiger partial charge in [-0.05, 0) is 38.9 Å². The Morgan fingerprint density at radius 1 is 1.25 bits per heavy atom. The molecule has 1 N–H and O–H groups in total. The number of furan rings is 1. The van der Waals surface area contributed by atoms with E-state index in [9.17, 15) is 0 Å². The Labute approximate surface area is 119 Å². The second-order valence-electron chi connectivity index (χ2n) is 5.16. The Morgan fingerprint density at radius 3 is 2.95 bits per heavy atom. The lowest BCUT2D eigenvalue weighted by atomic mass is 10.2. The van der Waals surface area contributed by atoms with Crippen LogP contribution in [0.1, 0.15) is 17.9 Å². The second-order valence-corrected chi connectivity index (χ2v) is 5.16. The van der Waals surface area contributed by atoms with E-state index in [4.69, 9.17) is 9.40 Å². The van der Waals surface area contributed by atoms with Gasteiger partial charge in [0.15, 0.2) is 0 Å². The molecule has 106 valence electrons. The van der Waals surface area contributed by atoms with Gasteiger partial charge in [0.1, 0.15) is 11.5 Å². The first-order valence-electron chi connectivity index (χ1n) is 7.10. The molecule has 5 nitrogen and oxygen atoms in total. The molecular weight excluding hydrogens is 252 g/mol. The predicted molar refractivity (Wildman–Crippen MR) is 78.9 cm³/mol. The molecule has 0 unspecified atom stereocenters. The lowest BCUT2D eigenvalue weighted by molar-refractivity contribution is 0.505. The number of anilines is 1. The van der Waals surface area contributed by atoms with E-state index >= 15 is 0 Å². The molecule has 0 saturated carbocycles. The molecule has 0 radical (unpaired) electrons. The van der Waals surface area contributed by atoms with E-state index in [2.05, 4.69) is 15.2 Å². The topological polar surface area (TPSA) is 54.2 Å². The Bertz CT molecular complexity index is 585. The first-order chi connectivity index (χ1) is 9.74. The number of hydrogen-bond acceptors (Lipinski definition) is 5. The van der Waals surface area contributed by atoms with Crippen LogP contribution in [0.5, 0.6) is 0 Å². The number of hydrogen-bond donors (Lipinski definition) is 1. The number of rotatable bonds is 2. The van der Waals surface area contributed by atoms with Crippen LogP contribution in [0.2, 0.25) is 0 Å². The smallest absolute Gasteiger partial charge is 0.225 e. The molecule has 1 fully saturated rings. The summed E-state index contributed by atoms with van der Waals surface area (Å²) in [7, 11) is 0. The number of nitrogens with zero attached hydrogens (tertiary/aromatic N) is 3. The fraction of sp³-hybridized carbons (Fsp3) is 0.467. The van der Waals surface area contributed by atoms with Gasteiger partial charge < -0.3 is 14.6 Å². The minimum Gasteiger partial charge on any atom is -0.466 e. The average Bonchev–Trinajstić information content (AvgIpc) is 2.68. The Kier molecular flexibility index (Phi) is 3.69. The van der Waals surface area contributed by atoms with Crippen LogP contribution < -0.4 is 10.2 Å². The maximum atomic E-state index is 5.59. The van der Waals surface area contributed by atoms with Crippen molar-refractivity contribution in [1.82, 2.24) is 15.3 Å². The van der Waals surface area contributed by atoms with Crippen molar-refractivity contribution in [1.29, 1.82) is 0 Å². The van der Waals surface area contributed by atoms with Crippen molar-refractivity contribution in [2.75, 3.05) is 31.1 Å². The Hall–Kier alpha value is -1.88. The highest BCUT2D eigenvalue weighted by atomic mass is 16.3. The number of aromatic nitrogens is 2. The molecule has 1 saturated heterocycles. The van der Waals surface area contributed by atoms with E-state index in [1.165, 1.54) is 0 Å². The maximum Gasteiger partial charge on any atom is 0.225 e. The van der Waals surface area contributed by atoms with Gasteiger partial charge in [-0.3, -0.25) is 0 Å². The third kappa shape index (κ3) is 2.67. The molecule has 0 spiro atoms. The molecule has 0 atom stereocenters. The molecule has 2 aromatic rings. The Balaban J connectivity index is 1.90. The van der Waals surface area contributed by atoms with Gasteiger partial charge in [-0.2, -0.15) is 0 Å². The summed E-state index contributed by atoms with van der Waals surface area (Å²) >= 11 is 0. The Morgan fingerprint density at radius 2 is 2.15 bits per heavy atom. The van der Waals surface area contributed by atoms with E-state index in [-0.39, 0.29) is 0 Å². The molecule has 1 aliphatic heterocycles. The zero-order valence-corrected chi connectivity index (χ0v) is 12.0. The third-order valence-corrected chi connectivity index (χ3v) is 3.58. The molecule has 1 aliphatic rings. The molecule has 0 aromatic carbocycles. The van der Waals surface area contributed by atoms with Gasteiger partial charge in [-0.15, -0.1) is 0 Å². The minimum absolute atomic E-state index is 0.810. The summed E-state index contributed by atoms with van der Waals surface area (Å²) < 4.78 is 5.59. The molecule has 0 amide bonds. The fourth-order valence-electron chi connectivity index (χ4n) is 2.58.